The maximum absolute atomic E-state index is 12.3. The summed E-state index contributed by atoms with van der Waals surface area (Å²) < 4.78 is 1.04. The van der Waals surface area contributed by atoms with Crippen LogP contribution in [0.5, 0.6) is 0 Å². The Kier molecular flexibility index (Phi) is 7.46. The van der Waals surface area contributed by atoms with Crippen LogP contribution in [0, 0.1) is 0 Å². The minimum atomic E-state index is -0.0870. The molecule has 1 aliphatic heterocycles. The Morgan fingerprint density at radius 3 is 2.27 bits per heavy atom. The molecule has 0 aliphatic carbocycles. The molecule has 2 rings (SSSR count). The van der Waals surface area contributed by atoms with E-state index >= 15 is 0 Å². The van der Waals surface area contributed by atoms with Gasteiger partial charge in [0.1, 0.15) is 0 Å². The first kappa shape index (κ1) is 19.6. The molecular weight excluding hydrogens is 389 g/mol. The number of hydrogen-bond acceptors (Lipinski definition) is 1. The average Bonchev–Trinajstić information content (AvgIpc) is 2.38. The van der Waals surface area contributed by atoms with Crippen molar-refractivity contribution in [2.45, 2.75) is 13.3 Å². The van der Waals surface area contributed by atoms with Gasteiger partial charge in [-0.15, -0.1) is 0 Å². The second kappa shape index (κ2) is 8.39. The van der Waals surface area contributed by atoms with Gasteiger partial charge in [-0.3, -0.25) is 0 Å². The van der Waals surface area contributed by atoms with Crippen LogP contribution in [-0.2, 0) is 0 Å². The molecular formula is C15H22BrCl2N3O. The predicted octanol–water partition coefficient (Wildman–Crippen LogP) is 0.702. The van der Waals surface area contributed by atoms with Crippen molar-refractivity contribution in [1.29, 1.82) is 0 Å². The third kappa shape index (κ3) is 5.30. The number of nitrogens with zero attached hydrogens (tertiary/aromatic N) is 2. The number of hydrogen-bond donors (Lipinski definition) is 1. The van der Waals surface area contributed by atoms with Gasteiger partial charge in [0.15, 0.2) is 0 Å². The van der Waals surface area contributed by atoms with E-state index in [2.05, 4.69) is 19.3 Å². The van der Waals surface area contributed by atoms with Crippen LogP contribution in [0.1, 0.15) is 13.3 Å². The first-order chi connectivity index (χ1) is 9.92. The second-order valence-electron chi connectivity index (χ2n) is 5.87. The summed E-state index contributed by atoms with van der Waals surface area (Å²) in [6.45, 7) is 6.91. The quantitative estimate of drug-likeness (QED) is 0.731. The predicted molar refractivity (Wildman–Crippen MR) is 88.1 cm³/mol. The summed E-state index contributed by atoms with van der Waals surface area (Å²) in [7, 11) is 2.26. The molecule has 1 aromatic carbocycles. The van der Waals surface area contributed by atoms with Crippen molar-refractivity contribution in [3.8, 4) is 0 Å². The van der Waals surface area contributed by atoms with E-state index in [1.165, 1.54) is 13.0 Å². The molecule has 22 heavy (non-hydrogen) atoms. The Balaban J connectivity index is 0.00000242. The van der Waals surface area contributed by atoms with Crippen molar-refractivity contribution < 1.29 is 26.3 Å². The molecule has 7 heteroatoms. The zero-order chi connectivity index (χ0) is 15.5. The smallest absolute Gasteiger partial charge is 0.322 e. The molecule has 0 unspecified atom stereocenters. The number of halogens is 3. The summed E-state index contributed by atoms with van der Waals surface area (Å²) in [4.78, 5) is 14.1. The highest BCUT2D eigenvalue weighted by atomic mass is 79.9. The number of carbonyl (C=O) groups excluding carboxylic acids is 1. The Hall–Kier alpha value is -0.490. The van der Waals surface area contributed by atoms with E-state index in [9.17, 15) is 4.79 Å². The normalized spacial score (nSPS) is 16.8. The van der Waals surface area contributed by atoms with E-state index < -0.39 is 0 Å². The minimum Gasteiger partial charge on any atom is -1.00 e. The maximum atomic E-state index is 12.3. The Morgan fingerprint density at radius 1 is 1.23 bits per heavy atom. The van der Waals surface area contributed by atoms with Crippen LogP contribution in [-0.4, -0.2) is 55.2 Å². The number of urea groups is 1. The van der Waals surface area contributed by atoms with E-state index in [0.717, 1.165) is 30.7 Å². The van der Waals surface area contributed by atoms with Crippen LogP contribution in [0.4, 0.5) is 10.5 Å². The van der Waals surface area contributed by atoms with Gasteiger partial charge in [0.05, 0.1) is 39.8 Å². The molecule has 124 valence electrons. The van der Waals surface area contributed by atoms with Crippen molar-refractivity contribution in [3.63, 3.8) is 0 Å². The van der Waals surface area contributed by atoms with Crippen LogP contribution in [0.2, 0.25) is 10.0 Å². The molecule has 1 fully saturated rings. The lowest BCUT2D eigenvalue weighted by Crippen LogP contribution is -3.00. The van der Waals surface area contributed by atoms with Crippen LogP contribution in [0.3, 0.4) is 0 Å². The van der Waals surface area contributed by atoms with E-state index in [4.69, 9.17) is 23.2 Å². The van der Waals surface area contributed by atoms with E-state index in [1.54, 1.807) is 18.2 Å². The fraction of sp³-hybridized carbons (Fsp3) is 0.533. The van der Waals surface area contributed by atoms with Crippen molar-refractivity contribution in [2.75, 3.05) is 45.1 Å². The van der Waals surface area contributed by atoms with Gasteiger partial charge in [0.25, 0.3) is 0 Å². The Labute approximate surface area is 152 Å². The molecule has 2 amide bonds. The summed E-state index contributed by atoms with van der Waals surface area (Å²) in [5.74, 6) is 0. The third-order valence-electron chi connectivity index (χ3n) is 3.98. The number of anilines is 1. The van der Waals surface area contributed by atoms with Crippen molar-refractivity contribution >= 4 is 34.9 Å². The molecule has 1 aliphatic rings. The number of likely N-dealkylation sites (N-methyl/N-ethyl adjacent to an activating group) is 1. The Bertz CT molecular complexity index is 499. The van der Waals surface area contributed by atoms with Crippen molar-refractivity contribution in [1.82, 2.24) is 4.90 Å². The van der Waals surface area contributed by atoms with Gasteiger partial charge in [0, 0.05) is 15.7 Å². The van der Waals surface area contributed by atoms with Crippen LogP contribution in [0.25, 0.3) is 0 Å². The summed E-state index contributed by atoms with van der Waals surface area (Å²) in [6.07, 6.45) is 1.17. The molecule has 1 aromatic rings. The molecule has 4 nitrogen and oxygen atoms in total. The lowest BCUT2D eigenvalue weighted by atomic mass is 10.2. The number of piperazine rings is 1. The van der Waals surface area contributed by atoms with Gasteiger partial charge >= 0.3 is 6.03 Å². The monoisotopic (exact) mass is 409 g/mol. The Morgan fingerprint density at radius 2 is 1.77 bits per heavy atom. The number of carbonyl (C=O) groups is 1. The maximum Gasteiger partial charge on any atom is 0.322 e. The van der Waals surface area contributed by atoms with E-state index in [0.29, 0.717) is 15.7 Å². The summed E-state index contributed by atoms with van der Waals surface area (Å²) in [6, 6.07) is 4.96. The number of rotatable bonds is 3. The zero-order valence-electron chi connectivity index (χ0n) is 12.9. The molecule has 0 atom stereocenters. The number of quaternary nitrogens is 1. The standard InChI is InChI=1S/C15H21Cl2N3O.BrH/c1-3-6-20(2)7-4-19(5-8-20)15(21)18-14-10-12(16)9-13(17)11-14;/h9-11H,3-8H2,1-2H3;1H. The molecule has 1 N–H and O–H groups in total. The third-order valence-corrected chi connectivity index (χ3v) is 4.42. The molecule has 0 spiro atoms. The average molecular weight is 411 g/mol. The molecule has 0 radical (unpaired) electrons. The summed E-state index contributed by atoms with van der Waals surface area (Å²) in [5.41, 5.74) is 0.633. The first-order valence-corrected chi connectivity index (χ1v) is 8.03. The lowest BCUT2D eigenvalue weighted by molar-refractivity contribution is -0.913. The van der Waals surface area contributed by atoms with Crippen molar-refractivity contribution in [2.24, 2.45) is 0 Å². The molecule has 0 aromatic heterocycles. The summed E-state index contributed by atoms with van der Waals surface area (Å²) in [5, 5.41) is 3.90. The highest BCUT2D eigenvalue weighted by Gasteiger charge is 2.30. The number of benzene rings is 1. The fourth-order valence-electron chi connectivity index (χ4n) is 2.74. The van der Waals surface area contributed by atoms with Crippen LogP contribution >= 0.6 is 23.2 Å². The number of amides is 2. The molecule has 0 bridgehead atoms. The largest absolute Gasteiger partial charge is 1.00 e. The van der Waals surface area contributed by atoms with Gasteiger partial charge in [-0.25, -0.2) is 4.79 Å². The van der Waals surface area contributed by atoms with E-state index in [1.807, 2.05) is 4.90 Å². The number of nitrogens with one attached hydrogen (secondary N) is 1. The second-order valence-corrected chi connectivity index (χ2v) is 6.74. The topological polar surface area (TPSA) is 32.3 Å². The summed E-state index contributed by atoms with van der Waals surface area (Å²) >= 11 is 11.9. The highest BCUT2D eigenvalue weighted by molar-refractivity contribution is 6.35. The first-order valence-electron chi connectivity index (χ1n) is 7.27. The van der Waals surface area contributed by atoms with Gasteiger partial charge < -0.3 is 31.7 Å². The highest BCUT2D eigenvalue weighted by Crippen LogP contribution is 2.23. The molecule has 0 saturated carbocycles. The van der Waals surface area contributed by atoms with Gasteiger partial charge in [0.2, 0.25) is 0 Å². The minimum absolute atomic E-state index is 0. The lowest BCUT2D eigenvalue weighted by Gasteiger charge is -2.41. The van der Waals surface area contributed by atoms with Crippen LogP contribution in [0.15, 0.2) is 18.2 Å². The van der Waals surface area contributed by atoms with Gasteiger partial charge in [-0.2, -0.15) is 0 Å². The SMILES string of the molecule is CCC[N+]1(C)CCN(C(=O)Nc2cc(Cl)cc(Cl)c2)CC1.[Br-]. The van der Waals surface area contributed by atoms with Gasteiger partial charge in [-0.1, -0.05) is 30.1 Å². The zero-order valence-corrected chi connectivity index (χ0v) is 16.0. The van der Waals surface area contributed by atoms with Crippen LogP contribution < -0.4 is 22.3 Å². The van der Waals surface area contributed by atoms with Crippen molar-refractivity contribution in [3.05, 3.63) is 28.2 Å². The molecule has 1 heterocycles. The van der Waals surface area contributed by atoms with E-state index in [-0.39, 0.29) is 23.0 Å². The van der Waals surface area contributed by atoms with Gasteiger partial charge in [-0.05, 0) is 24.6 Å². The molecule has 1 saturated heterocycles. The fourth-order valence-corrected chi connectivity index (χ4v) is 3.27.